The van der Waals surface area contributed by atoms with Gasteiger partial charge in [0.25, 0.3) is 0 Å². The first kappa shape index (κ1) is 17.6. The average Bonchev–Trinajstić information content (AvgIpc) is 2.57. The Morgan fingerprint density at radius 3 is 2.91 bits per heavy atom. The van der Waals surface area contributed by atoms with E-state index in [2.05, 4.69) is 33.6 Å². The molecule has 0 aromatic heterocycles. The van der Waals surface area contributed by atoms with Crippen molar-refractivity contribution in [3.05, 3.63) is 29.8 Å². The van der Waals surface area contributed by atoms with Crippen LogP contribution in [-0.2, 0) is 6.54 Å². The van der Waals surface area contributed by atoms with Crippen molar-refractivity contribution in [3.63, 3.8) is 0 Å². The highest BCUT2D eigenvalue weighted by molar-refractivity contribution is 5.79. The van der Waals surface area contributed by atoms with Gasteiger partial charge in [-0.1, -0.05) is 18.2 Å². The van der Waals surface area contributed by atoms with Gasteiger partial charge in [-0.25, -0.2) is 0 Å². The SMILES string of the molecule is CCOc1ccccc1CNC(=NC)NCC1CCCN(C)C1. The minimum Gasteiger partial charge on any atom is -0.494 e. The molecular weight excluding hydrogens is 288 g/mol. The molecule has 0 aliphatic carbocycles. The lowest BCUT2D eigenvalue weighted by Crippen LogP contribution is -2.43. The van der Waals surface area contributed by atoms with Crippen LogP contribution >= 0.6 is 0 Å². The zero-order chi connectivity index (χ0) is 16.5. The molecule has 5 nitrogen and oxygen atoms in total. The molecule has 2 N–H and O–H groups in total. The molecule has 128 valence electrons. The first-order chi connectivity index (χ1) is 11.2. The molecule has 1 aromatic carbocycles. The fourth-order valence-corrected chi connectivity index (χ4v) is 3.03. The number of hydrogen-bond donors (Lipinski definition) is 2. The predicted molar refractivity (Wildman–Crippen MR) is 96.0 cm³/mol. The van der Waals surface area contributed by atoms with Crippen molar-refractivity contribution < 1.29 is 4.74 Å². The zero-order valence-electron chi connectivity index (χ0n) is 14.6. The van der Waals surface area contributed by atoms with Crippen molar-refractivity contribution in [3.8, 4) is 5.75 Å². The summed E-state index contributed by atoms with van der Waals surface area (Å²) in [6.45, 7) is 6.75. The van der Waals surface area contributed by atoms with Crippen molar-refractivity contribution in [2.24, 2.45) is 10.9 Å². The zero-order valence-corrected chi connectivity index (χ0v) is 14.6. The number of benzene rings is 1. The number of nitrogens with one attached hydrogen (secondary N) is 2. The first-order valence-corrected chi connectivity index (χ1v) is 8.56. The van der Waals surface area contributed by atoms with Crippen molar-refractivity contribution >= 4 is 5.96 Å². The van der Waals surface area contributed by atoms with E-state index < -0.39 is 0 Å². The third kappa shape index (κ3) is 5.75. The monoisotopic (exact) mass is 318 g/mol. The van der Waals surface area contributed by atoms with Crippen LogP contribution in [0.4, 0.5) is 0 Å². The van der Waals surface area contributed by atoms with E-state index in [1.807, 2.05) is 32.2 Å². The van der Waals surface area contributed by atoms with E-state index in [4.69, 9.17) is 4.74 Å². The smallest absolute Gasteiger partial charge is 0.191 e. The number of hydrogen-bond acceptors (Lipinski definition) is 3. The molecule has 1 aromatic rings. The number of aliphatic imine (C=N–C) groups is 1. The molecule has 0 radical (unpaired) electrons. The summed E-state index contributed by atoms with van der Waals surface area (Å²) in [4.78, 5) is 6.73. The van der Waals surface area contributed by atoms with Crippen LogP contribution in [0.15, 0.2) is 29.3 Å². The largest absolute Gasteiger partial charge is 0.494 e. The Balaban J connectivity index is 1.81. The highest BCUT2D eigenvalue weighted by Crippen LogP contribution is 2.17. The average molecular weight is 318 g/mol. The number of ether oxygens (including phenoxy) is 1. The number of nitrogens with zero attached hydrogens (tertiary/aromatic N) is 2. The summed E-state index contributed by atoms with van der Waals surface area (Å²) >= 11 is 0. The second-order valence-electron chi connectivity index (χ2n) is 6.12. The molecule has 1 atom stereocenters. The third-order valence-electron chi connectivity index (χ3n) is 4.22. The van der Waals surface area contributed by atoms with Gasteiger partial charge in [0, 0.05) is 32.2 Å². The fourth-order valence-electron chi connectivity index (χ4n) is 3.03. The molecule has 1 aliphatic rings. The maximum absolute atomic E-state index is 5.66. The van der Waals surface area contributed by atoms with Crippen LogP contribution in [-0.4, -0.2) is 51.2 Å². The molecule has 0 amide bonds. The Hall–Kier alpha value is -1.75. The van der Waals surface area contributed by atoms with Gasteiger partial charge >= 0.3 is 0 Å². The summed E-state index contributed by atoms with van der Waals surface area (Å²) in [5.41, 5.74) is 1.15. The summed E-state index contributed by atoms with van der Waals surface area (Å²) in [7, 11) is 4.01. The minimum absolute atomic E-state index is 0.680. The van der Waals surface area contributed by atoms with Gasteiger partial charge in [-0.2, -0.15) is 0 Å². The molecule has 0 spiro atoms. The van der Waals surface area contributed by atoms with Gasteiger partial charge < -0.3 is 20.3 Å². The molecule has 1 aliphatic heterocycles. The third-order valence-corrected chi connectivity index (χ3v) is 4.22. The lowest BCUT2D eigenvalue weighted by atomic mass is 9.99. The number of likely N-dealkylation sites (tertiary alicyclic amines) is 1. The topological polar surface area (TPSA) is 48.9 Å². The van der Waals surface area contributed by atoms with Crippen molar-refractivity contribution in [2.45, 2.75) is 26.3 Å². The summed E-state index contributed by atoms with van der Waals surface area (Å²) < 4.78 is 5.66. The van der Waals surface area contributed by atoms with Gasteiger partial charge in [-0.3, -0.25) is 4.99 Å². The Morgan fingerprint density at radius 2 is 2.17 bits per heavy atom. The van der Waals surface area contributed by atoms with Crippen LogP contribution in [0.2, 0.25) is 0 Å². The lowest BCUT2D eigenvalue weighted by molar-refractivity contribution is 0.210. The van der Waals surface area contributed by atoms with Crippen LogP contribution < -0.4 is 15.4 Å². The Kier molecular flexibility index (Phi) is 7.20. The van der Waals surface area contributed by atoms with Crippen LogP contribution in [0.1, 0.15) is 25.3 Å². The van der Waals surface area contributed by atoms with Crippen LogP contribution in [0.25, 0.3) is 0 Å². The first-order valence-electron chi connectivity index (χ1n) is 8.56. The number of para-hydroxylation sites is 1. The molecule has 1 heterocycles. The number of rotatable bonds is 6. The molecule has 0 saturated carbocycles. The van der Waals surface area contributed by atoms with Gasteiger partial charge in [-0.05, 0) is 45.3 Å². The summed E-state index contributed by atoms with van der Waals surface area (Å²) in [5, 5.41) is 6.83. The van der Waals surface area contributed by atoms with E-state index in [1.165, 1.54) is 19.4 Å². The van der Waals surface area contributed by atoms with Gasteiger partial charge in [0.2, 0.25) is 0 Å². The number of guanidine groups is 1. The molecule has 1 fully saturated rings. The molecule has 0 bridgehead atoms. The minimum atomic E-state index is 0.680. The van der Waals surface area contributed by atoms with Crippen LogP contribution in [0, 0.1) is 5.92 Å². The van der Waals surface area contributed by atoms with E-state index in [0.717, 1.165) is 30.4 Å². The number of piperidine rings is 1. The normalized spacial score (nSPS) is 19.4. The Morgan fingerprint density at radius 1 is 1.35 bits per heavy atom. The summed E-state index contributed by atoms with van der Waals surface area (Å²) in [5.74, 6) is 2.49. The molecule has 1 unspecified atom stereocenters. The highest BCUT2D eigenvalue weighted by Gasteiger charge is 2.17. The standard InChI is InChI=1S/C18H30N4O/c1-4-23-17-10-6-5-9-16(17)13-21-18(19-2)20-12-15-8-7-11-22(3)14-15/h5-6,9-10,15H,4,7-8,11-14H2,1-3H3,(H2,19,20,21). The van der Waals surface area contributed by atoms with Gasteiger partial charge in [0.05, 0.1) is 6.61 Å². The molecule has 5 heteroatoms. The fraction of sp³-hybridized carbons (Fsp3) is 0.611. The van der Waals surface area contributed by atoms with Crippen LogP contribution in [0.3, 0.4) is 0 Å². The summed E-state index contributed by atoms with van der Waals surface area (Å²) in [6.07, 6.45) is 2.58. The molecule has 2 rings (SSSR count). The Labute approximate surface area is 140 Å². The summed E-state index contributed by atoms with van der Waals surface area (Å²) in [6, 6.07) is 8.13. The maximum Gasteiger partial charge on any atom is 0.191 e. The Bertz CT molecular complexity index is 504. The van der Waals surface area contributed by atoms with Crippen molar-refractivity contribution in [2.75, 3.05) is 40.3 Å². The lowest BCUT2D eigenvalue weighted by Gasteiger charge is -2.30. The predicted octanol–water partition coefficient (Wildman–Crippen LogP) is 2.09. The van der Waals surface area contributed by atoms with E-state index >= 15 is 0 Å². The quantitative estimate of drug-likeness (QED) is 0.623. The van der Waals surface area contributed by atoms with Crippen molar-refractivity contribution in [1.29, 1.82) is 0 Å². The van der Waals surface area contributed by atoms with E-state index in [-0.39, 0.29) is 0 Å². The second kappa shape index (κ2) is 9.40. The molecule has 23 heavy (non-hydrogen) atoms. The molecular formula is C18H30N4O. The van der Waals surface area contributed by atoms with Crippen molar-refractivity contribution in [1.82, 2.24) is 15.5 Å². The van der Waals surface area contributed by atoms with Crippen LogP contribution in [0.5, 0.6) is 5.75 Å². The van der Waals surface area contributed by atoms with Gasteiger partial charge in [-0.15, -0.1) is 0 Å². The van der Waals surface area contributed by atoms with E-state index in [9.17, 15) is 0 Å². The maximum atomic E-state index is 5.66. The van der Waals surface area contributed by atoms with Gasteiger partial charge in [0.15, 0.2) is 5.96 Å². The second-order valence-corrected chi connectivity index (χ2v) is 6.12. The van der Waals surface area contributed by atoms with E-state index in [0.29, 0.717) is 19.1 Å². The highest BCUT2D eigenvalue weighted by atomic mass is 16.5. The molecule has 1 saturated heterocycles. The van der Waals surface area contributed by atoms with E-state index in [1.54, 1.807) is 0 Å². The van der Waals surface area contributed by atoms with Gasteiger partial charge in [0.1, 0.15) is 5.75 Å².